The zero-order valence-corrected chi connectivity index (χ0v) is 13.9. The highest BCUT2D eigenvalue weighted by Gasteiger charge is 2.16. The molecule has 0 atom stereocenters. The van der Waals surface area contributed by atoms with Crippen LogP contribution in [0.5, 0.6) is 5.75 Å². The first kappa shape index (κ1) is 19.3. The number of benzene rings is 1. The molecule has 7 heteroatoms. The van der Waals surface area contributed by atoms with Crippen molar-refractivity contribution in [2.45, 2.75) is 25.7 Å². The normalized spacial score (nSPS) is 14.6. The van der Waals surface area contributed by atoms with Crippen LogP contribution in [0.3, 0.4) is 0 Å². The standard InChI is InChI=1S/C16H23N3O3.ClH/c17-15(20)7-10-22-14-3-1-13(2-4-14)19-16(21)11-12-5-8-18-9-6-12;/h1-4,12,18H,5-11H2,(H2,17,20)(H,19,21);1H. The third kappa shape index (κ3) is 7.34. The molecule has 0 saturated carbocycles. The maximum atomic E-state index is 12.0. The summed E-state index contributed by atoms with van der Waals surface area (Å²) in [6.45, 7) is 2.25. The monoisotopic (exact) mass is 341 g/mol. The number of hydrogen-bond acceptors (Lipinski definition) is 4. The molecule has 23 heavy (non-hydrogen) atoms. The Morgan fingerprint density at radius 1 is 1.22 bits per heavy atom. The van der Waals surface area contributed by atoms with E-state index in [1.54, 1.807) is 24.3 Å². The second-order valence-corrected chi connectivity index (χ2v) is 5.53. The van der Waals surface area contributed by atoms with Crippen LogP contribution in [-0.4, -0.2) is 31.5 Å². The van der Waals surface area contributed by atoms with Crippen molar-refractivity contribution in [1.29, 1.82) is 0 Å². The van der Waals surface area contributed by atoms with Crippen LogP contribution in [-0.2, 0) is 9.59 Å². The maximum absolute atomic E-state index is 12.0. The van der Waals surface area contributed by atoms with Gasteiger partial charge in [0, 0.05) is 12.1 Å². The van der Waals surface area contributed by atoms with Crippen LogP contribution in [0.2, 0.25) is 0 Å². The maximum Gasteiger partial charge on any atom is 0.224 e. The number of nitrogens with one attached hydrogen (secondary N) is 2. The van der Waals surface area contributed by atoms with Crippen molar-refractivity contribution in [2.75, 3.05) is 25.0 Å². The number of carbonyl (C=O) groups excluding carboxylic acids is 2. The van der Waals surface area contributed by atoms with Gasteiger partial charge in [-0.3, -0.25) is 9.59 Å². The number of amides is 2. The van der Waals surface area contributed by atoms with Crippen molar-refractivity contribution in [3.8, 4) is 5.75 Å². The molecule has 0 spiro atoms. The van der Waals surface area contributed by atoms with Gasteiger partial charge < -0.3 is 21.1 Å². The number of piperidine rings is 1. The lowest BCUT2D eigenvalue weighted by atomic mass is 9.94. The van der Waals surface area contributed by atoms with Crippen LogP contribution in [0.25, 0.3) is 0 Å². The van der Waals surface area contributed by atoms with Crippen molar-refractivity contribution < 1.29 is 14.3 Å². The number of carbonyl (C=O) groups is 2. The fourth-order valence-corrected chi connectivity index (χ4v) is 2.46. The Morgan fingerprint density at radius 3 is 2.48 bits per heavy atom. The Bertz CT molecular complexity index is 502. The molecule has 1 saturated heterocycles. The number of anilines is 1. The highest BCUT2D eigenvalue weighted by Crippen LogP contribution is 2.19. The van der Waals surface area contributed by atoms with E-state index in [-0.39, 0.29) is 37.2 Å². The molecular formula is C16H24ClN3O3. The van der Waals surface area contributed by atoms with Crippen LogP contribution in [0.4, 0.5) is 5.69 Å². The van der Waals surface area contributed by atoms with E-state index in [0.29, 0.717) is 18.1 Å². The van der Waals surface area contributed by atoms with Gasteiger partial charge in [0.05, 0.1) is 13.0 Å². The molecule has 0 aliphatic carbocycles. The van der Waals surface area contributed by atoms with Gasteiger partial charge in [0.25, 0.3) is 0 Å². The smallest absolute Gasteiger partial charge is 0.224 e. The summed E-state index contributed by atoms with van der Waals surface area (Å²) in [4.78, 5) is 22.6. The molecular weight excluding hydrogens is 318 g/mol. The lowest BCUT2D eigenvalue weighted by molar-refractivity contribution is -0.118. The number of nitrogens with two attached hydrogens (primary N) is 1. The van der Waals surface area contributed by atoms with E-state index in [1.807, 2.05) is 0 Å². The van der Waals surface area contributed by atoms with Crippen molar-refractivity contribution in [3.63, 3.8) is 0 Å². The van der Waals surface area contributed by atoms with Crippen LogP contribution in [0.15, 0.2) is 24.3 Å². The van der Waals surface area contributed by atoms with Gasteiger partial charge in [0.15, 0.2) is 0 Å². The van der Waals surface area contributed by atoms with E-state index in [0.717, 1.165) is 31.6 Å². The first-order valence-corrected chi connectivity index (χ1v) is 7.65. The Morgan fingerprint density at radius 2 is 1.87 bits per heavy atom. The zero-order chi connectivity index (χ0) is 15.8. The third-order valence-corrected chi connectivity index (χ3v) is 3.69. The molecule has 4 N–H and O–H groups in total. The summed E-state index contributed by atoms with van der Waals surface area (Å²) < 4.78 is 5.38. The van der Waals surface area contributed by atoms with E-state index in [4.69, 9.17) is 10.5 Å². The molecule has 6 nitrogen and oxygen atoms in total. The van der Waals surface area contributed by atoms with Gasteiger partial charge in [-0.2, -0.15) is 0 Å². The molecule has 1 aromatic carbocycles. The van der Waals surface area contributed by atoms with Crippen LogP contribution in [0, 0.1) is 5.92 Å². The molecule has 0 radical (unpaired) electrons. The summed E-state index contributed by atoms with van der Waals surface area (Å²) in [7, 11) is 0. The largest absolute Gasteiger partial charge is 0.493 e. The minimum absolute atomic E-state index is 0. The molecule has 1 aliphatic rings. The second kappa shape index (κ2) is 10.1. The van der Waals surface area contributed by atoms with E-state index >= 15 is 0 Å². The quantitative estimate of drug-likeness (QED) is 0.703. The first-order valence-electron chi connectivity index (χ1n) is 7.65. The number of ether oxygens (including phenoxy) is 1. The Balaban J connectivity index is 0.00000264. The van der Waals surface area contributed by atoms with Gasteiger partial charge in [-0.05, 0) is 56.1 Å². The van der Waals surface area contributed by atoms with Gasteiger partial charge in [-0.1, -0.05) is 0 Å². The Hall–Kier alpha value is -1.79. The van der Waals surface area contributed by atoms with Gasteiger partial charge in [0.2, 0.25) is 11.8 Å². The van der Waals surface area contributed by atoms with Crippen LogP contribution in [0.1, 0.15) is 25.7 Å². The third-order valence-electron chi connectivity index (χ3n) is 3.69. The number of primary amides is 1. The van der Waals surface area contributed by atoms with Crippen molar-refractivity contribution in [3.05, 3.63) is 24.3 Å². The van der Waals surface area contributed by atoms with Crippen molar-refractivity contribution in [1.82, 2.24) is 5.32 Å². The Labute approximate surface area is 142 Å². The average molecular weight is 342 g/mol. The highest BCUT2D eigenvalue weighted by atomic mass is 35.5. The zero-order valence-electron chi connectivity index (χ0n) is 13.0. The molecule has 128 valence electrons. The summed E-state index contributed by atoms with van der Waals surface area (Å²) in [5.41, 5.74) is 5.79. The predicted molar refractivity (Wildman–Crippen MR) is 91.8 cm³/mol. The predicted octanol–water partition coefficient (Wildman–Crippen LogP) is 1.69. The summed E-state index contributed by atoms with van der Waals surface area (Å²) in [5, 5.41) is 6.19. The molecule has 2 amide bonds. The fourth-order valence-electron chi connectivity index (χ4n) is 2.46. The lowest BCUT2D eigenvalue weighted by Crippen LogP contribution is -2.30. The number of halogens is 1. The van der Waals surface area contributed by atoms with E-state index < -0.39 is 0 Å². The van der Waals surface area contributed by atoms with Gasteiger partial charge in [0.1, 0.15) is 5.75 Å². The van der Waals surface area contributed by atoms with E-state index in [9.17, 15) is 9.59 Å². The SMILES string of the molecule is Cl.NC(=O)CCOc1ccc(NC(=O)CC2CCNCC2)cc1. The molecule has 1 aliphatic heterocycles. The van der Waals surface area contributed by atoms with E-state index in [2.05, 4.69) is 10.6 Å². The minimum atomic E-state index is -0.387. The summed E-state index contributed by atoms with van der Waals surface area (Å²) in [6, 6.07) is 7.11. The van der Waals surface area contributed by atoms with Crippen LogP contribution < -0.4 is 21.1 Å². The molecule has 1 fully saturated rings. The highest BCUT2D eigenvalue weighted by molar-refractivity contribution is 5.90. The van der Waals surface area contributed by atoms with Crippen molar-refractivity contribution >= 4 is 29.9 Å². The molecule has 0 aromatic heterocycles. The topological polar surface area (TPSA) is 93.5 Å². The van der Waals surface area contributed by atoms with Crippen molar-refractivity contribution in [2.24, 2.45) is 11.7 Å². The second-order valence-electron chi connectivity index (χ2n) is 5.53. The summed E-state index contributed by atoms with van der Waals surface area (Å²) in [6.07, 6.45) is 2.87. The molecule has 0 bridgehead atoms. The average Bonchev–Trinajstić information content (AvgIpc) is 2.49. The molecule has 1 aromatic rings. The van der Waals surface area contributed by atoms with E-state index in [1.165, 1.54) is 0 Å². The molecule has 0 unspecified atom stereocenters. The first-order chi connectivity index (χ1) is 10.6. The van der Waals surface area contributed by atoms with Crippen LogP contribution >= 0.6 is 12.4 Å². The summed E-state index contributed by atoms with van der Waals surface area (Å²) >= 11 is 0. The van der Waals surface area contributed by atoms with Gasteiger partial charge >= 0.3 is 0 Å². The van der Waals surface area contributed by atoms with Gasteiger partial charge in [-0.25, -0.2) is 0 Å². The Kier molecular flexibility index (Phi) is 8.43. The lowest BCUT2D eigenvalue weighted by Gasteiger charge is -2.21. The molecule has 2 rings (SSSR count). The molecule has 1 heterocycles. The fraction of sp³-hybridized carbons (Fsp3) is 0.500. The summed E-state index contributed by atoms with van der Waals surface area (Å²) in [5.74, 6) is 0.784. The van der Waals surface area contributed by atoms with Gasteiger partial charge in [-0.15, -0.1) is 12.4 Å². The minimum Gasteiger partial charge on any atom is -0.493 e. The number of hydrogen-bond donors (Lipinski definition) is 3. The number of rotatable bonds is 7.